The van der Waals surface area contributed by atoms with Gasteiger partial charge < -0.3 is 15.8 Å². The summed E-state index contributed by atoms with van der Waals surface area (Å²) in [5, 5.41) is 12.5. The minimum Gasteiger partial charge on any atom is -0.480 e. The highest BCUT2D eigenvalue weighted by Gasteiger charge is 2.46. The number of hydrogen-bond donors (Lipinski definition) is 3. The Bertz CT molecular complexity index is 1220. The van der Waals surface area contributed by atoms with Crippen LogP contribution < -0.4 is 5.73 Å². The standard InChI is InChI=1S/C18H11F4N5O3/c19-11-10(12(20)14(22)15(13(11)21)26-27-24)16(28)18(23,17(29)30)5-7-6-25-9-4-2-1-3-8(7)9/h1-4,6,25H,5,23H2,(H,29,30)/t18-/m1/s1. The van der Waals surface area contributed by atoms with Crippen LogP contribution in [0.4, 0.5) is 23.2 Å². The predicted molar refractivity (Wildman–Crippen MR) is 96.0 cm³/mol. The molecular formula is C18H11F4N5O3. The average Bonchev–Trinajstić information content (AvgIpc) is 3.12. The van der Waals surface area contributed by atoms with Gasteiger partial charge in [-0.15, -0.1) is 0 Å². The van der Waals surface area contributed by atoms with Gasteiger partial charge in [0.25, 0.3) is 0 Å². The number of carboxylic acids is 1. The van der Waals surface area contributed by atoms with Crippen LogP contribution >= 0.6 is 0 Å². The molecule has 0 unspecified atom stereocenters. The fourth-order valence-electron chi connectivity index (χ4n) is 3.01. The molecule has 0 aliphatic carbocycles. The minimum absolute atomic E-state index is 0.219. The second kappa shape index (κ2) is 7.50. The molecule has 0 amide bonds. The number of rotatable bonds is 6. The van der Waals surface area contributed by atoms with Gasteiger partial charge in [-0.2, -0.15) is 0 Å². The third kappa shape index (κ3) is 3.13. The van der Waals surface area contributed by atoms with E-state index in [9.17, 15) is 32.3 Å². The van der Waals surface area contributed by atoms with Gasteiger partial charge in [-0.1, -0.05) is 23.3 Å². The lowest BCUT2D eigenvalue weighted by Crippen LogP contribution is -2.57. The first-order valence-corrected chi connectivity index (χ1v) is 8.16. The minimum atomic E-state index is -2.97. The average molecular weight is 421 g/mol. The number of H-pyrrole nitrogens is 1. The summed E-state index contributed by atoms with van der Waals surface area (Å²) in [6.45, 7) is 0. The first kappa shape index (κ1) is 20.8. The van der Waals surface area contributed by atoms with Gasteiger partial charge in [0, 0.05) is 28.4 Å². The van der Waals surface area contributed by atoms with Gasteiger partial charge in [0.1, 0.15) is 5.69 Å². The van der Waals surface area contributed by atoms with Gasteiger partial charge in [-0.05, 0) is 17.2 Å². The monoisotopic (exact) mass is 421 g/mol. The fourth-order valence-corrected chi connectivity index (χ4v) is 3.01. The van der Waals surface area contributed by atoms with Crippen molar-refractivity contribution in [1.29, 1.82) is 0 Å². The van der Waals surface area contributed by atoms with E-state index in [2.05, 4.69) is 10.1 Å². The largest absolute Gasteiger partial charge is 0.480 e. The molecule has 12 heteroatoms. The maximum Gasteiger partial charge on any atom is 0.332 e. The molecule has 3 aromatic rings. The number of carbonyl (C=O) groups is 2. The van der Waals surface area contributed by atoms with E-state index in [4.69, 9.17) is 11.3 Å². The smallest absolute Gasteiger partial charge is 0.332 e. The van der Waals surface area contributed by atoms with Crippen molar-refractivity contribution in [1.82, 2.24) is 4.98 Å². The molecule has 154 valence electrons. The van der Waals surface area contributed by atoms with Gasteiger partial charge in [-0.25, -0.2) is 22.4 Å². The first-order chi connectivity index (χ1) is 14.1. The first-order valence-electron chi connectivity index (χ1n) is 8.16. The Kier molecular flexibility index (Phi) is 5.21. The van der Waals surface area contributed by atoms with E-state index in [0.717, 1.165) is 0 Å². The second-order valence-electron chi connectivity index (χ2n) is 6.31. The number of halogens is 4. The molecule has 1 aromatic heterocycles. The lowest BCUT2D eigenvalue weighted by molar-refractivity contribution is -0.141. The van der Waals surface area contributed by atoms with E-state index < -0.39 is 58.2 Å². The summed E-state index contributed by atoms with van der Waals surface area (Å²) in [6, 6.07) is 6.54. The van der Waals surface area contributed by atoms with Crippen LogP contribution in [0.1, 0.15) is 15.9 Å². The summed E-state index contributed by atoms with van der Waals surface area (Å²) in [7, 11) is 0. The fraction of sp³-hybridized carbons (Fsp3) is 0.111. The van der Waals surface area contributed by atoms with E-state index in [-0.39, 0.29) is 5.56 Å². The number of carboxylic acid groups (broad SMARTS) is 1. The molecule has 0 spiro atoms. The predicted octanol–water partition coefficient (Wildman–Crippen LogP) is 3.87. The molecule has 0 fully saturated rings. The Morgan fingerprint density at radius 2 is 1.73 bits per heavy atom. The number of Topliss-reactive ketones (excluding diaryl/α,β-unsaturated/α-hetero) is 1. The number of aliphatic carboxylic acids is 1. The van der Waals surface area contributed by atoms with Gasteiger partial charge >= 0.3 is 5.97 Å². The lowest BCUT2D eigenvalue weighted by Gasteiger charge is -2.24. The Hall–Kier alpha value is -3.89. The zero-order valence-electron chi connectivity index (χ0n) is 14.8. The number of azide groups is 1. The molecule has 0 bridgehead atoms. The van der Waals surface area contributed by atoms with Crippen LogP contribution in [-0.2, 0) is 11.2 Å². The zero-order valence-corrected chi connectivity index (χ0v) is 14.8. The third-order valence-corrected chi connectivity index (χ3v) is 4.54. The molecule has 0 aliphatic rings. The molecule has 3 rings (SSSR count). The number of fused-ring (bicyclic) bond motifs is 1. The van der Waals surface area contributed by atoms with Gasteiger partial charge in [-0.3, -0.25) is 4.79 Å². The van der Waals surface area contributed by atoms with Crippen molar-refractivity contribution in [2.24, 2.45) is 10.8 Å². The van der Waals surface area contributed by atoms with Crippen LogP contribution in [0.2, 0.25) is 0 Å². The quantitative estimate of drug-likeness (QED) is 0.105. The SMILES string of the molecule is [N-]=[N+]=Nc1c(F)c(F)c(C(=O)[C@](N)(Cc2c[nH]c3ccccc23)C(=O)O)c(F)c1F. The molecule has 1 atom stereocenters. The van der Waals surface area contributed by atoms with E-state index in [1.165, 1.54) is 6.20 Å². The number of benzene rings is 2. The summed E-state index contributed by atoms with van der Waals surface area (Å²) < 4.78 is 56.8. The Morgan fingerprint density at radius 3 is 2.30 bits per heavy atom. The van der Waals surface area contributed by atoms with Gasteiger partial charge in [0.05, 0.1) is 5.56 Å². The van der Waals surface area contributed by atoms with Crippen molar-refractivity contribution in [2.45, 2.75) is 12.0 Å². The van der Waals surface area contributed by atoms with Crippen LogP contribution in [0.5, 0.6) is 0 Å². The van der Waals surface area contributed by atoms with Crippen LogP contribution in [0, 0.1) is 23.3 Å². The number of nitrogens with two attached hydrogens (primary N) is 1. The summed E-state index contributed by atoms with van der Waals surface area (Å²) in [5.74, 6) is -12.6. The van der Waals surface area contributed by atoms with Crippen LogP contribution in [0.15, 0.2) is 35.6 Å². The molecule has 0 radical (unpaired) electrons. The molecule has 0 aliphatic heterocycles. The van der Waals surface area contributed by atoms with E-state index >= 15 is 0 Å². The number of aromatic nitrogens is 1. The number of para-hydroxylation sites is 1. The molecule has 0 saturated carbocycles. The van der Waals surface area contributed by atoms with Crippen LogP contribution in [0.3, 0.4) is 0 Å². The van der Waals surface area contributed by atoms with E-state index in [1.807, 2.05) is 4.91 Å². The third-order valence-electron chi connectivity index (χ3n) is 4.54. The highest BCUT2D eigenvalue weighted by Crippen LogP contribution is 2.33. The number of hydrogen-bond acceptors (Lipinski definition) is 4. The molecule has 30 heavy (non-hydrogen) atoms. The van der Waals surface area contributed by atoms with Crippen LogP contribution in [0.25, 0.3) is 21.3 Å². The zero-order chi connectivity index (χ0) is 22.2. The number of nitrogens with one attached hydrogen (secondary N) is 1. The Labute approximate surface area is 164 Å². The van der Waals surface area contributed by atoms with Crippen LogP contribution in [-0.4, -0.2) is 27.4 Å². The summed E-state index contributed by atoms with van der Waals surface area (Å²) in [4.78, 5) is 29.4. The van der Waals surface area contributed by atoms with Gasteiger partial charge in [0.15, 0.2) is 28.8 Å². The molecule has 4 N–H and O–H groups in total. The summed E-state index contributed by atoms with van der Waals surface area (Å²) in [6.07, 6.45) is 0.604. The number of aromatic amines is 1. The normalized spacial score (nSPS) is 13.0. The van der Waals surface area contributed by atoms with Crippen molar-refractivity contribution in [3.63, 3.8) is 0 Å². The summed E-state index contributed by atoms with van der Waals surface area (Å²) in [5.41, 5.74) is 8.34. The van der Waals surface area contributed by atoms with Crippen molar-refractivity contribution >= 4 is 28.3 Å². The summed E-state index contributed by atoms with van der Waals surface area (Å²) >= 11 is 0. The van der Waals surface area contributed by atoms with Gasteiger partial charge in [0.2, 0.25) is 5.78 Å². The van der Waals surface area contributed by atoms with Crippen molar-refractivity contribution in [3.05, 3.63) is 75.3 Å². The lowest BCUT2D eigenvalue weighted by atomic mass is 9.83. The molecular weight excluding hydrogens is 410 g/mol. The molecule has 1 heterocycles. The topological polar surface area (TPSA) is 145 Å². The van der Waals surface area contributed by atoms with E-state index in [0.29, 0.717) is 10.9 Å². The molecule has 8 nitrogen and oxygen atoms in total. The number of nitrogens with zero attached hydrogens (tertiary/aromatic N) is 3. The highest BCUT2D eigenvalue weighted by atomic mass is 19.2. The second-order valence-corrected chi connectivity index (χ2v) is 6.31. The highest BCUT2D eigenvalue weighted by molar-refractivity contribution is 6.16. The Balaban J connectivity index is 2.17. The molecule has 2 aromatic carbocycles. The van der Waals surface area contributed by atoms with E-state index in [1.54, 1.807) is 24.3 Å². The van der Waals surface area contributed by atoms with Crippen molar-refractivity contribution < 1.29 is 32.3 Å². The van der Waals surface area contributed by atoms with Crippen molar-refractivity contribution in [3.8, 4) is 0 Å². The maximum absolute atomic E-state index is 14.4. The Morgan fingerprint density at radius 1 is 1.13 bits per heavy atom. The maximum atomic E-state index is 14.4. The molecule has 0 saturated heterocycles. The number of carbonyl (C=O) groups excluding carboxylic acids is 1. The number of ketones is 1. The van der Waals surface area contributed by atoms with Crippen molar-refractivity contribution in [2.75, 3.05) is 0 Å².